The van der Waals surface area contributed by atoms with Gasteiger partial charge in [-0.15, -0.1) is 0 Å². The number of carbonyl (C=O) groups is 1. The van der Waals surface area contributed by atoms with Gasteiger partial charge in [-0.2, -0.15) is 0 Å². The first-order valence-electron chi connectivity index (χ1n) is 12.4. The zero-order valence-electron chi connectivity index (χ0n) is 20.6. The quantitative estimate of drug-likeness (QED) is 0.427. The van der Waals surface area contributed by atoms with Crippen molar-refractivity contribution in [3.8, 4) is 0 Å². The first-order valence-corrected chi connectivity index (χ1v) is 12.4. The van der Waals surface area contributed by atoms with Crippen LogP contribution in [0.3, 0.4) is 0 Å². The smallest absolute Gasteiger partial charge is 0.230 e. The fraction of sp³-hybridized carbons (Fsp3) is 0.607. The lowest BCUT2D eigenvalue weighted by Gasteiger charge is -2.57. The molecule has 1 heterocycles. The Kier molecular flexibility index (Phi) is 6.58. The summed E-state index contributed by atoms with van der Waals surface area (Å²) in [4.78, 5) is 13.9. The monoisotopic (exact) mass is 469 g/mol. The lowest BCUT2D eigenvalue weighted by molar-refractivity contribution is -0.211. The van der Waals surface area contributed by atoms with Crippen LogP contribution in [0.2, 0.25) is 0 Å². The van der Waals surface area contributed by atoms with Crippen molar-refractivity contribution in [3.05, 3.63) is 60.2 Å². The maximum Gasteiger partial charge on any atom is 0.230 e. The molecule has 1 aromatic rings. The van der Waals surface area contributed by atoms with E-state index >= 15 is 0 Å². The molecule has 6 heteroatoms. The fourth-order valence-corrected chi connectivity index (χ4v) is 6.92. The third-order valence-electron chi connectivity index (χ3n) is 8.68. The summed E-state index contributed by atoms with van der Waals surface area (Å²) in [5.74, 6) is -2.08. The summed E-state index contributed by atoms with van der Waals surface area (Å²) < 4.78 is 0. The summed E-state index contributed by atoms with van der Waals surface area (Å²) in [5.41, 5.74) is -3.04. The third-order valence-corrected chi connectivity index (χ3v) is 8.68. The Balaban J connectivity index is 1.89. The van der Waals surface area contributed by atoms with Gasteiger partial charge in [0.1, 0.15) is 0 Å². The lowest BCUT2D eigenvalue weighted by atomic mass is 9.48. The number of allylic oxidation sites excluding steroid dienone is 1. The zero-order chi connectivity index (χ0) is 24.9. The summed E-state index contributed by atoms with van der Waals surface area (Å²) in [5, 5.41) is 48.9. The van der Waals surface area contributed by atoms with E-state index in [-0.39, 0.29) is 11.8 Å². The summed E-state index contributed by atoms with van der Waals surface area (Å²) in [6.45, 7) is 7.22. The zero-order valence-corrected chi connectivity index (χ0v) is 20.6. The highest BCUT2D eigenvalue weighted by Crippen LogP contribution is 2.59. The Labute approximate surface area is 202 Å². The van der Waals surface area contributed by atoms with Crippen LogP contribution in [-0.2, 0) is 11.2 Å². The number of nitrogens with one attached hydrogen (secondary N) is 1. The Bertz CT molecular complexity index is 955. The van der Waals surface area contributed by atoms with Crippen LogP contribution in [0.4, 0.5) is 0 Å². The van der Waals surface area contributed by atoms with Gasteiger partial charge < -0.3 is 25.7 Å². The number of carbonyl (C=O) groups excluding carboxylic acids is 1. The Morgan fingerprint density at radius 2 is 1.74 bits per heavy atom. The van der Waals surface area contributed by atoms with Gasteiger partial charge in [0.2, 0.25) is 5.91 Å². The van der Waals surface area contributed by atoms with Crippen molar-refractivity contribution >= 4 is 5.91 Å². The molecule has 0 bridgehead atoms. The first kappa shape index (κ1) is 25.1. The molecule has 1 amide bonds. The van der Waals surface area contributed by atoms with Gasteiger partial charge in [-0.1, -0.05) is 68.5 Å². The Hall–Kier alpha value is -1.99. The van der Waals surface area contributed by atoms with Crippen LogP contribution in [0.15, 0.2) is 54.6 Å². The van der Waals surface area contributed by atoms with Crippen LogP contribution >= 0.6 is 0 Å². The third kappa shape index (κ3) is 4.05. The molecular formula is C28H39NO5. The second-order valence-corrected chi connectivity index (χ2v) is 11.3. The summed E-state index contributed by atoms with van der Waals surface area (Å²) in [6, 6.07) is 9.34. The van der Waals surface area contributed by atoms with Crippen molar-refractivity contribution in [2.45, 2.75) is 76.4 Å². The molecule has 1 saturated heterocycles. The molecule has 1 aromatic carbocycles. The molecule has 186 valence electrons. The number of rotatable bonds is 2. The van der Waals surface area contributed by atoms with Gasteiger partial charge in [0.05, 0.1) is 28.8 Å². The van der Waals surface area contributed by atoms with Crippen LogP contribution in [0.25, 0.3) is 0 Å². The molecular weight excluding hydrogens is 430 g/mol. The standard InChI is InChI=1S/C28H39NO5/c1-17-9-8-12-20-23(31)18(2)27(4,34)24-21(15-19-10-6-5-7-11-19)29-25(32)28(20,24)22(30)13-14-26(3,33)16-17/h5-8,10-14,17-18,20-24,30-31,33-34H,9,15-16H2,1-4H3,(H,29,32)/b12-8+,14-13+/t17-,18-,20?,21-,22+,23+,24+,26-,27+,28?/m0/s1. The highest BCUT2D eigenvalue weighted by atomic mass is 16.3. The average Bonchev–Trinajstić information content (AvgIpc) is 3.05. The van der Waals surface area contributed by atoms with E-state index in [4.69, 9.17) is 0 Å². The van der Waals surface area contributed by atoms with Crippen molar-refractivity contribution in [2.75, 3.05) is 0 Å². The number of aliphatic hydroxyl groups is 4. The molecule has 34 heavy (non-hydrogen) atoms. The van der Waals surface area contributed by atoms with Crippen LogP contribution in [0, 0.1) is 29.1 Å². The van der Waals surface area contributed by atoms with Gasteiger partial charge in [-0.25, -0.2) is 0 Å². The van der Waals surface area contributed by atoms with Crippen molar-refractivity contribution in [1.82, 2.24) is 5.32 Å². The van der Waals surface area contributed by atoms with Crippen LogP contribution < -0.4 is 5.32 Å². The largest absolute Gasteiger partial charge is 0.392 e. The predicted octanol–water partition coefficient (Wildman–Crippen LogP) is 2.36. The highest BCUT2D eigenvalue weighted by Gasteiger charge is 2.72. The van der Waals surface area contributed by atoms with Gasteiger partial charge in [-0.05, 0) is 44.6 Å². The van der Waals surface area contributed by atoms with E-state index in [9.17, 15) is 25.2 Å². The van der Waals surface area contributed by atoms with Gasteiger partial charge in [-0.3, -0.25) is 4.79 Å². The van der Waals surface area contributed by atoms with E-state index in [1.165, 1.54) is 6.08 Å². The van der Waals surface area contributed by atoms with Gasteiger partial charge in [0.25, 0.3) is 0 Å². The molecule has 3 aliphatic rings. The molecule has 1 saturated carbocycles. The number of hydrogen-bond donors (Lipinski definition) is 5. The first-order chi connectivity index (χ1) is 15.9. The maximum atomic E-state index is 13.9. The molecule has 2 unspecified atom stereocenters. The van der Waals surface area contributed by atoms with Gasteiger partial charge in [0, 0.05) is 23.8 Å². The molecule has 0 aromatic heterocycles. The Morgan fingerprint density at radius 3 is 2.41 bits per heavy atom. The summed E-state index contributed by atoms with van der Waals surface area (Å²) >= 11 is 0. The minimum absolute atomic E-state index is 0.169. The molecule has 4 rings (SSSR count). The van der Waals surface area contributed by atoms with Crippen LogP contribution in [0.5, 0.6) is 0 Å². The van der Waals surface area contributed by atoms with E-state index in [1.807, 2.05) is 56.3 Å². The predicted molar refractivity (Wildman–Crippen MR) is 131 cm³/mol. The molecule has 10 atom stereocenters. The number of hydrogen-bond acceptors (Lipinski definition) is 5. The van der Waals surface area contributed by atoms with Gasteiger partial charge >= 0.3 is 0 Å². The van der Waals surface area contributed by atoms with Crippen molar-refractivity contribution in [3.63, 3.8) is 0 Å². The second-order valence-electron chi connectivity index (χ2n) is 11.3. The topological polar surface area (TPSA) is 110 Å². The van der Waals surface area contributed by atoms with Crippen molar-refractivity contribution in [1.29, 1.82) is 0 Å². The highest BCUT2D eigenvalue weighted by molar-refractivity contribution is 5.88. The van der Waals surface area contributed by atoms with Crippen molar-refractivity contribution in [2.24, 2.45) is 29.1 Å². The second kappa shape index (κ2) is 8.90. The van der Waals surface area contributed by atoms with Crippen LogP contribution in [-0.4, -0.2) is 55.8 Å². The maximum absolute atomic E-state index is 13.9. The van der Waals surface area contributed by atoms with Crippen LogP contribution in [0.1, 0.15) is 46.1 Å². The SMILES string of the molecule is C[C@H]1C/C=C/C2[C@H](O)[C@H](C)[C@@](C)(O)[C@H]3[C@H](Cc4ccccc4)NC(=O)C23[C@H](O)/C=C/[C@](C)(O)C1. The summed E-state index contributed by atoms with van der Waals surface area (Å²) in [7, 11) is 0. The molecule has 1 spiro atoms. The normalized spacial score (nSPS) is 48.7. The fourth-order valence-electron chi connectivity index (χ4n) is 6.92. The molecule has 6 nitrogen and oxygen atoms in total. The van der Waals surface area contributed by atoms with E-state index in [1.54, 1.807) is 19.9 Å². The minimum Gasteiger partial charge on any atom is -0.392 e. The number of aliphatic hydroxyl groups excluding tert-OH is 2. The number of amides is 1. The Morgan fingerprint density at radius 1 is 1.06 bits per heavy atom. The summed E-state index contributed by atoms with van der Waals surface area (Å²) in [6.07, 6.45) is 6.22. The van der Waals surface area contributed by atoms with Crippen molar-refractivity contribution < 1.29 is 25.2 Å². The number of benzene rings is 1. The molecule has 1 aliphatic heterocycles. The van der Waals surface area contributed by atoms with E-state index in [0.717, 1.165) is 5.56 Å². The van der Waals surface area contributed by atoms with E-state index in [2.05, 4.69) is 5.32 Å². The van der Waals surface area contributed by atoms with E-state index < -0.39 is 52.6 Å². The van der Waals surface area contributed by atoms with E-state index in [0.29, 0.717) is 19.3 Å². The average molecular weight is 470 g/mol. The lowest BCUT2D eigenvalue weighted by Crippen LogP contribution is -2.68. The molecule has 2 aliphatic carbocycles. The molecule has 2 fully saturated rings. The minimum atomic E-state index is -1.48. The molecule has 0 radical (unpaired) electrons. The van der Waals surface area contributed by atoms with Gasteiger partial charge in [0.15, 0.2) is 0 Å². The molecule has 5 N–H and O–H groups in total.